The second kappa shape index (κ2) is 6.98. The molecule has 0 radical (unpaired) electrons. The summed E-state index contributed by atoms with van der Waals surface area (Å²) >= 11 is 3.32. The van der Waals surface area contributed by atoms with Crippen molar-refractivity contribution in [1.82, 2.24) is 10.2 Å². The zero-order chi connectivity index (χ0) is 18.0. The number of Topliss-reactive ketones (excluding diaryl/α,β-unsaturated/α-hetero) is 1. The molecule has 0 amide bonds. The number of carboxylic acid groups (broad SMARTS) is 1. The van der Waals surface area contributed by atoms with E-state index < -0.39 is 11.8 Å². The standard InChI is InChI=1S/C18H12BrFN2O3/c19-12-5-1-11(2-6-12)17-16(18(24)25)14(21-22-17)9-15(23)10-3-7-13(20)8-4-10/h1-8H,9H2,(H,21,22)(H,24,25). The Hall–Kier alpha value is -2.80. The van der Waals surface area contributed by atoms with Crippen LogP contribution >= 0.6 is 15.9 Å². The van der Waals surface area contributed by atoms with Crippen LogP contribution in [-0.4, -0.2) is 27.1 Å². The van der Waals surface area contributed by atoms with Gasteiger partial charge in [0, 0.05) is 15.6 Å². The quantitative estimate of drug-likeness (QED) is 0.629. The Morgan fingerprint density at radius 2 is 1.72 bits per heavy atom. The first-order valence-electron chi connectivity index (χ1n) is 7.31. The van der Waals surface area contributed by atoms with Gasteiger partial charge < -0.3 is 5.11 Å². The van der Waals surface area contributed by atoms with Crippen LogP contribution in [0.1, 0.15) is 26.4 Å². The predicted molar refractivity (Wildman–Crippen MR) is 93.1 cm³/mol. The van der Waals surface area contributed by atoms with Crippen molar-refractivity contribution in [1.29, 1.82) is 0 Å². The van der Waals surface area contributed by atoms with E-state index in [4.69, 9.17) is 0 Å². The summed E-state index contributed by atoms with van der Waals surface area (Å²) in [5.41, 5.74) is 1.36. The van der Waals surface area contributed by atoms with Crippen LogP contribution in [0.2, 0.25) is 0 Å². The minimum absolute atomic E-state index is 0.0437. The molecule has 25 heavy (non-hydrogen) atoms. The molecule has 0 saturated heterocycles. The molecule has 0 aliphatic heterocycles. The van der Waals surface area contributed by atoms with Gasteiger partial charge in [0.05, 0.1) is 12.1 Å². The highest BCUT2D eigenvalue weighted by Crippen LogP contribution is 2.26. The number of ketones is 1. The molecule has 2 aromatic carbocycles. The fourth-order valence-electron chi connectivity index (χ4n) is 2.45. The van der Waals surface area contributed by atoms with Gasteiger partial charge in [-0.05, 0) is 36.4 Å². The number of hydrogen-bond donors (Lipinski definition) is 2. The Balaban J connectivity index is 1.94. The maximum absolute atomic E-state index is 13.0. The average Bonchev–Trinajstić information content (AvgIpc) is 3.00. The lowest BCUT2D eigenvalue weighted by atomic mass is 10.0. The second-order valence-electron chi connectivity index (χ2n) is 5.34. The molecule has 126 valence electrons. The molecule has 1 aromatic heterocycles. The van der Waals surface area contributed by atoms with Gasteiger partial charge in [-0.1, -0.05) is 28.1 Å². The Bertz CT molecular complexity index is 934. The molecule has 0 saturated carbocycles. The number of carboxylic acids is 1. The van der Waals surface area contributed by atoms with Gasteiger partial charge in [0.25, 0.3) is 0 Å². The molecular weight excluding hydrogens is 391 g/mol. The minimum Gasteiger partial charge on any atom is -0.478 e. The summed E-state index contributed by atoms with van der Waals surface area (Å²) in [6.45, 7) is 0. The van der Waals surface area contributed by atoms with Crippen molar-refractivity contribution in [3.63, 3.8) is 0 Å². The number of H-pyrrole nitrogens is 1. The van der Waals surface area contributed by atoms with E-state index in [1.807, 2.05) is 0 Å². The Morgan fingerprint density at radius 1 is 1.08 bits per heavy atom. The SMILES string of the molecule is O=C(Cc1[nH]nc(-c2ccc(Br)cc2)c1C(=O)O)c1ccc(F)cc1. The van der Waals surface area contributed by atoms with Gasteiger partial charge in [0.2, 0.25) is 0 Å². The second-order valence-corrected chi connectivity index (χ2v) is 6.26. The lowest BCUT2D eigenvalue weighted by Gasteiger charge is -2.03. The summed E-state index contributed by atoms with van der Waals surface area (Å²) < 4.78 is 13.8. The van der Waals surface area contributed by atoms with Gasteiger partial charge in [0.15, 0.2) is 5.78 Å². The van der Waals surface area contributed by atoms with Crippen molar-refractivity contribution in [2.24, 2.45) is 0 Å². The lowest BCUT2D eigenvalue weighted by Crippen LogP contribution is -2.09. The van der Waals surface area contributed by atoms with Crippen LogP contribution in [0, 0.1) is 5.82 Å². The van der Waals surface area contributed by atoms with Crippen molar-refractivity contribution in [3.05, 3.63) is 75.6 Å². The highest BCUT2D eigenvalue weighted by Gasteiger charge is 2.23. The summed E-state index contributed by atoms with van der Waals surface area (Å²) in [5.74, 6) is -1.94. The van der Waals surface area contributed by atoms with E-state index in [1.54, 1.807) is 24.3 Å². The Kier molecular flexibility index (Phi) is 4.76. The van der Waals surface area contributed by atoms with E-state index in [0.29, 0.717) is 11.1 Å². The average molecular weight is 403 g/mol. The van der Waals surface area contributed by atoms with Gasteiger partial charge >= 0.3 is 5.97 Å². The molecule has 5 nitrogen and oxygen atoms in total. The van der Waals surface area contributed by atoms with Gasteiger partial charge in [-0.2, -0.15) is 5.10 Å². The van der Waals surface area contributed by atoms with Crippen molar-refractivity contribution in [3.8, 4) is 11.3 Å². The van der Waals surface area contributed by atoms with Crippen molar-refractivity contribution in [2.45, 2.75) is 6.42 Å². The number of aromatic amines is 1. The highest BCUT2D eigenvalue weighted by atomic mass is 79.9. The van der Waals surface area contributed by atoms with Crippen LogP contribution in [0.3, 0.4) is 0 Å². The van der Waals surface area contributed by atoms with E-state index in [2.05, 4.69) is 26.1 Å². The Morgan fingerprint density at radius 3 is 2.32 bits per heavy atom. The summed E-state index contributed by atoms with van der Waals surface area (Å²) in [7, 11) is 0. The van der Waals surface area contributed by atoms with Gasteiger partial charge in [-0.25, -0.2) is 9.18 Å². The van der Waals surface area contributed by atoms with Gasteiger partial charge in [0.1, 0.15) is 17.1 Å². The third-order valence-electron chi connectivity index (χ3n) is 3.68. The summed E-state index contributed by atoms with van der Waals surface area (Å²) in [6, 6.07) is 12.1. The summed E-state index contributed by atoms with van der Waals surface area (Å²) in [5, 5.41) is 16.2. The number of hydrogen-bond acceptors (Lipinski definition) is 3. The smallest absolute Gasteiger partial charge is 0.339 e. The van der Waals surface area contributed by atoms with Crippen LogP contribution in [0.4, 0.5) is 4.39 Å². The minimum atomic E-state index is -1.17. The molecule has 0 bridgehead atoms. The van der Waals surface area contributed by atoms with E-state index in [0.717, 1.165) is 4.47 Å². The molecule has 0 spiro atoms. The van der Waals surface area contributed by atoms with Crippen LogP contribution in [0.25, 0.3) is 11.3 Å². The third-order valence-corrected chi connectivity index (χ3v) is 4.20. The summed E-state index contributed by atoms with van der Waals surface area (Å²) in [4.78, 5) is 24.0. The van der Waals surface area contributed by atoms with Crippen molar-refractivity contribution >= 4 is 27.7 Å². The zero-order valence-electron chi connectivity index (χ0n) is 12.8. The van der Waals surface area contributed by atoms with Crippen LogP contribution < -0.4 is 0 Å². The van der Waals surface area contributed by atoms with Crippen molar-refractivity contribution < 1.29 is 19.1 Å². The van der Waals surface area contributed by atoms with Gasteiger partial charge in [-0.15, -0.1) is 0 Å². The number of nitrogens with one attached hydrogen (secondary N) is 1. The lowest BCUT2D eigenvalue weighted by molar-refractivity contribution is 0.0697. The van der Waals surface area contributed by atoms with E-state index in [9.17, 15) is 19.1 Å². The number of carbonyl (C=O) groups excluding carboxylic acids is 1. The fourth-order valence-corrected chi connectivity index (χ4v) is 2.72. The first kappa shape index (κ1) is 17.0. The molecule has 0 aliphatic rings. The summed E-state index contributed by atoms with van der Waals surface area (Å²) in [6.07, 6.45) is -0.170. The highest BCUT2D eigenvalue weighted by molar-refractivity contribution is 9.10. The third kappa shape index (κ3) is 3.66. The first-order chi connectivity index (χ1) is 12.0. The predicted octanol–water partition coefficient (Wildman–Crippen LogP) is 4.10. The molecule has 7 heteroatoms. The number of halogens is 2. The topological polar surface area (TPSA) is 83.0 Å². The van der Waals surface area contributed by atoms with Crippen LogP contribution in [0.15, 0.2) is 53.0 Å². The monoisotopic (exact) mass is 402 g/mol. The molecule has 0 atom stereocenters. The largest absolute Gasteiger partial charge is 0.478 e. The Labute approximate surface area is 150 Å². The maximum atomic E-state index is 13.0. The molecule has 1 heterocycles. The van der Waals surface area contributed by atoms with Crippen LogP contribution in [-0.2, 0) is 6.42 Å². The van der Waals surface area contributed by atoms with E-state index >= 15 is 0 Å². The number of nitrogens with zero attached hydrogens (tertiary/aromatic N) is 1. The first-order valence-corrected chi connectivity index (χ1v) is 8.10. The molecule has 0 fully saturated rings. The van der Waals surface area contributed by atoms with Crippen LogP contribution in [0.5, 0.6) is 0 Å². The molecule has 0 aliphatic carbocycles. The zero-order valence-corrected chi connectivity index (χ0v) is 14.4. The normalized spacial score (nSPS) is 10.6. The molecule has 3 rings (SSSR count). The number of carbonyl (C=O) groups is 2. The fraction of sp³-hybridized carbons (Fsp3) is 0.0556. The van der Waals surface area contributed by atoms with Crippen molar-refractivity contribution in [2.75, 3.05) is 0 Å². The molecule has 0 unspecified atom stereocenters. The van der Waals surface area contributed by atoms with E-state index in [1.165, 1.54) is 24.3 Å². The van der Waals surface area contributed by atoms with Gasteiger partial charge in [-0.3, -0.25) is 9.89 Å². The molecule has 2 N–H and O–H groups in total. The number of benzene rings is 2. The number of aromatic carboxylic acids is 1. The maximum Gasteiger partial charge on any atom is 0.339 e. The van der Waals surface area contributed by atoms with E-state index in [-0.39, 0.29) is 29.2 Å². The number of rotatable bonds is 5. The number of aromatic nitrogens is 2. The molecular formula is C18H12BrFN2O3. The molecule has 3 aromatic rings.